The minimum absolute atomic E-state index is 0.665. The van der Waals surface area contributed by atoms with Crippen molar-refractivity contribution in [1.29, 1.82) is 0 Å². The summed E-state index contributed by atoms with van der Waals surface area (Å²) in [4.78, 5) is 16.3. The average molecular weight is 308 g/mol. The molecule has 0 atom stereocenters. The van der Waals surface area contributed by atoms with E-state index < -0.39 is 10.7 Å². The second-order valence-corrected chi connectivity index (χ2v) is 6.90. The van der Waals surface area contributed by atoms with Crippen LogP contribution in [-0.4, -0.2) is 20.8 Å². The summed E-state index contributed by atoms with van der Waals surface area (Å²) in [6.07, 6.45) is 3.41. The molecule has 2 aromatic rings. The number of aliphatic carboxylic acids is 1. The van der Waals surface area contributed by atoms with Gasteiger partial charge in [0.2, 0.25) is 0 Å². The number of nitrogens with zero attached hydrogens (tertiary/aromatic N) is 1. The highest BCUT2D eigenvalue weighted by Gasteiger charge is 2.29. The van der Waals surface area contributed by atoms with Gasteiger partial charge < -0.3 is 5.11 Å². The molecule has 20 heavy (non-hydrogen) atoms. The Hall–Kier alpha value is -1.52. The molecule has 0 aliphatic heterocycles. The second-order valence-electron chi connectivity index (χ2n) is 4.80. The van der Waals surface area contributed by atoms with Crippen molar-refractivity contribution in [3.63, 3.8) is 0 Å². The largest absolute Gasteiger partial charge is 0.480 e. The molecular weight excluding hydrogens is 294 g/mol. The smallest absolute Gasteiger partial charge is 0.319 e. The van der Waals surface area contributed by atoms with E-state index in [1.54, 1.807) is 38.4 Å². The normalized spacial score (nSPS) is 11.3. The molecule has 1 heterocycles. The number of hydrogen-bond donors (Lipinski definition) is 1. The third kappa shape index (κ3) is 3.32. The molecule has 0 saturated carbocycles. The number of carbonyl (C=O) groups is 1. The van der Waals surface area contributed by atoms with Gasteiger partial charge in [-0.3, -0.25) is 9.78 Å². The van der Waals surface area contributed by atoms with E-state index in [0.717, 1.165) is 16.0 Å². The molecule has 0 amide bonds. The molecule has 0 saturated heterocycles. The fourth-order valence-corrected chi connectivity index (χ4v) is 2.81. The van der Waals surface area contributed by atoms with Gasteiger partial charge >= 0.3 is 5.97 Å². The van der Waals surface area contributed by atoms with Crippen molar-refractivity contribution in [2.45, 2.75) is 23.5 Å². The summed E-state index contributed by atoms with van der Waals surface area (Å²) in [5, 5.41) is 9.91. The highest BCUT2D eigenvalue weighted by atomic mass is 35.5. The van der Waals surface area contributed by atoms with Gasteiger partial charge in [-0.25, -0.2) is 0 Å². The van der Waals surface area contributed by atoms with Crippen molar-refractivity contribution in [2.24, 2.45) is 0 Å². The van der Waals surface area contributed by atoms with Gasteiger partial charge in [-0.1, -0.05) is 23.7 Å². The molecule has 0 spiro atoms. The topological polar surface area (TPSA) is 50.2 Å². The van der Waals surface area contributed by atoms with E-state index in [0.29, 0.717) is 5.02 Å². The first-order valence-corrected chi connectivity index (χ1v) is 7.22. The molecule has 104 valence electrons. The van der Waals surface area contributed by atoms with Crippen LogP contribution in [0.1, 0.15) is 13.8 Å². The zero-order chi connectivity index (χ0) is 14.8. The molecule has 1 aromatic heterocycles. The monoisotopic (exact) mass is 307 g/mol. The maximum atomic E-state index is 11.3. The number of halogens is 1. The highest BCUT2D eigenvalue weighted by molar-refractivity contribution is 8.01. The Morgan fingerprint density at radius 3 is 2.50 bits per heavy atom. The Balaban J connectivity index is 2.41. The summed E-state index contributed by atoms with van der Waals surface area (Å²) >= 11 is 7.20. The first kappa shape index (κ1) is 14.9. The molecule has 5 heteroatoms. The van der Waals surface area contributed by atoms with Crippen molar-refractivity contribution >= 4 is 29.3 Å². The standard InChI is InChI=1S/C15H14ClNO2S/c1-15(2,14(18)19)20-13-7-8-17-9-12(13)10-3-5-11(16)6-4-10/h3-9H,1-2H3,(H,18,19). The molecule has 0 unspecified atom stereocenters. The van der Waals surface area contributed by atoms with Gasteiger partial charge in [0.1, 0.15) is 4.75 Å². The summed E-state index contributed by atoms with van der Waals surface area (Å²) in [5.74, 6) is -0.846. The number of pyridine rings is 1. The Morgan fingerprint density at radius 1 is 1.25 bits per heavy atom. The Labute approximate surface area is 127 Å². The fraction of sp³-hybridized carbons (Fsp3) is 0.200. The van der Waals surface area contributed by atoms with Gasteiger partial charge in [0.25, 0.3) is 0 Å². The highest BCUT2D eigenvalue weighted by Crippen LogP contribution is 2.38. The van der Waals surface area contributed by atoms with Crippen molar-refractivity contribution < 1.29 is 9.90 Å². The summed E-state index contributed by atoms with van der Waals surface area (Å²) < 4.78 is -0.900. The van der Waals surface area contributed by atoms with E-state index in [1.165, 1.54) is 11.8 Å². The van der Waals surface area contributed by atoms with E-state index in [1.807, 2.05) is 18.2 Å². The molecule has 0 bridgehead atoms. The van der Waals surface area contributed by atoms with Gasteiger partial charge in [0, 0.05) is 27.9 Å². The number of aromatic nitrogens is 1. The second kappa shape index (κ2) is 5.85. The number of rotatable bonds is 4. The molecular formula is C15H14ClNO2S. The zero-order valence-corrected chi connectivity index (χ0v) is 12.7. The lowest BCUT2D eigenvalue weighted by Gasteiger charge is -2.20. The van der Waals surface area contributed by atoms with E-state index in [9.17, 15) is 9.90 Å². The van der Waals surface area contributed by atoms with E-state index >= 15 is 0 Å². The summed E-state index contributed by atoms with van der Waals surface area (Å²) in [6.45, 7) is 3.37. The molecule has 2 rings (SSSR count). The van der Waals surface area contributed by atoms with Gasteiger partial charge in [0.05, 0.1) is 0 Å². The fourth-order valence-electron chi connectivity index (χ4n) is 1.64. The predicted molar refractivity (Wildman–Crippen MR) is 82.3 cm³/mol. The Kier molecular flexibility index (Phi) is 4.35. The van der Waals surface area contributed by atoms with Crippen LogP contribution in [0.4, 0.5) is 0 Å². The van der Waals surface area contributed by atoms with Gasteiger partial charge in [-0.15, -0.1) is 11.8 Å². The molecule has 0 fully saturated rings. The van der Waals surface area contributed by atoms with Gasteiger partial charge in [0.15, 0.2) is 0 Å². The quantitative estimate of drug-likeness (QED) is 0.853. The minimum Gasteiger partial charge on any atom is -0.480 e. The lowest BCUT2D eigenvalue weighted by molar-refractivity contribution is -0.138. The van der Waals surface area contributed by atoms with Crippen LogP contribution >= 0.6 is 23.4 Å². The van der Waals surface area contributed by atoms with E-state index in [2.05, 4.69) is 4.98 Å². The Bertz CT molecular complexity index is 626. The lowest BCUT2D eigenvalue weighted by atomic mass is 10.1. The minimum atomic E-state index is -0.900. The number of benzene rings is 1. The summed E-state index contributed by atoms with van der Waals surface area (Å²) in [5.41, 5.74) is 1.87. The van der Waals surface area contributed by atoms with E-state index in [4.69, 9.17) is 11.6 Å². The first-order valence-electron chi connectivity index (χ1n) is 6.02. The van der Waals surface area contributed by atoms with Crippen molar-refractivity contribution in [3.8, 4) is 11.1 Å². The van der Waals surface area contributed by atoms with Crippen molar-refractivity contribution in [1.82, 2.24) is 4.98 Å². The average Bonchev–Trinajstić information content (AvgIpc) is 2.40. The molecule has 0 aliphatic rings. The summed E-state index contributed by atoms with van der Waals surface area (Å²) in [6, 6.07) is 9.25. The number of carboxylic acids is 1. The van der Waals surface area contributed by atoms with Crippen LogP contribution in [0.3, 0.4) is 0 Å². The molecule has 3 nitrogen and oxygen atoms in total. The number of hydrogen-bond acceptors (Lipinski definition) is 3. The zero-order valence-electron chi connectivity index (χ0n) is 11.1. The van der Waals surface area contributed by atoms with Crippen LogP contribution in [0.5, 0.6) is 0 Å². The third-order valence-corrected chi connectivity index (χ3v) is 4.33. The van der Waals surface area contributed by atoms with Gasteiger partial charge in [-0.2, -0.15) is 0 Å². The molecule has 1 N–H and O–H groups in total. The predicted octanol–water partition coefficient (Wildman–Crippen LogP) is 4.36. The lowest BCUT2D eigenvalue weighted by Crippen LogP contribution is -2.27. The summed E-state index contributed by atoms with van der Waals surface area (Å²) in [7, 11) is 0. The van der Waals surface area contributed by atoms with Crippen LogP contribution in [0, 0.1) is 0 Å². The van der Waals surface area contributed by atoms with E-state index in [-0.39, 0.29) is 0 Å². The van der Waals surface area contributed by atoms with Crippen LogP contribution in [0.15, 0.2) is 47.6 Å². The maximum Gasteiger partial charge on any atom is 0.319 e. The number of thioether (sulfide) groups is 1. The van der Waals surface area contributed by atoms with Crippen LogP contribution < -0.4 is 0 Å². The third-order valence-electron chi connectivity index (χ3n) is 2.82. The molecule has 0 radical (unpaired) electrons. The first-order chi connectivity index (χ1) is 9.40. The van der Waals surface area contributed by atoms with Crippen LogP contribution in [0.2, 0.25) is 5.02 Å². The molecule has 1 aromatic carbocycles. The molecule has 0 aliphatic carbocycles. The van der Waals surface area contributed by atoms with Gasteiger partial charge in [-0.05, 0) is 37.6 Å². The Morgan fingerprint density at radius 2 is 1.90 bits per heavy atom. The number of carboxylic acid groups (broad SMARTS) is 1. The van der Waals surface area contributed by atoms with Crippen LogP contribution in [-0.2, 0) is 4.79 Å². The van der Waals surface area contributed by atoms with Crippen molar-refractivity contribution in [3.05, 3.63) is 47.7 Å². The maximum absolute atomic E-state index is 11.3. The SMILES string of the molecule is CC(C)(Sc1ccncc1-c1ccc(Cl)cc1)C(=O)O. The van der Waals surface area contributed by atoms with Crippen LogP contribution in [0.25, 0.3) is 11.1 Å². The van der Waals surface area contributed by atoms with Crippen molar-refractivity contribution in [2.75, 3.05) is 0 Å².